The Morgan fingerprint density at radius 3 is 2.51 bits per heavy atom. The van der Waals surface area contributed by atoms with Crippen molar-refractivity contribution in [3.8, 4) is 11.1 Å². The largest absolute Gasteiger partial charge is 0.349 e. The summed E-state index contributed by atoms with van der Waals surface area (Å²) in [6, 6.07) is 24.7. The predicted molar refractivity (Wildman–Crippen MR) is 140 cm³/mol. The van der Waals surface area contributed by atoms with Gasteiger partial charge in [0.1, 0.15) is 0 Å². The van der Waals surface area contributed by atoms with Gasteiger partial charge in [-0.1, -0.05) is 48.5 Å². The van der Waals surface area contributed by atoms with Crippen LogP contribution in [0.2, 0.25) is 0 Å². The standard InChI is InChI=1S/C26H20N3O4PS/c30-34(31,32)14-12-20-11-10-19-15-21(29-35(33)22-7-4-13-27-17-22)16-25(26(19)28-20)24-9-3-6-18-5-1-2-8-23(18)24/h1-17,29H,(H2,30,31,32)/b14-12+. The van der Waals surface area contributed by atoms with Crippen LogP contribution in [-0.2, 0) is 15.6 Å². The first-order valence-electron chi connectivity index (χ1n) is 10.6. The molecule has 0 spiro atoms. The summed E-state index contributed by atoms with van der Waals surface area (Å²) in [6.07, 6.45) is 4.49. The Bertz CT molecular complexity index is 1650. The van der Waals surface area contributed by atoms with Crippen molar-refractivity contribution in [2.24, 2.45) is 0 Å². The number of hydrogen-bond donors (Lipinski definition) is 3. The van der Waals surface area contributed by atoms with Crippen molar-refractivity contribution < 1.29 is 18.6 Å². The number of fused-ring (bicyclic) bond motifs is 2. The molecule has 5 aromatic rings. The smallest absolute Gasteiger partial charge is 0.321 e. The van der Waals surface area contributed by atoms with E-state index >= 15 is 0 Å². The highest BCUT2D eigenvalue weighted by atomic mass is 32.2. The number of benzene rings is 3. The number of hydrogen-bond acceptors (Lipinski definition) is 4. The van der Waals surface area contributed by atoms with Crippen LogP contribution in [0.5, 0.6) is 0 Å². The molecule has 0 amide bonds. The molecule has 0 bridgehead atoms. The fourth-order valence-electron chi connectivity index (χ4n) is 3.86. The number of nitrogens with one attached hydrogen (secondary N) is 1. The summed E-state index contributed by atoms with van der Waals surface area (Å²) in [5.41, 5.74) is 3.46. The minimum Gasteiger partial charge on any atom is -0.321 e. The van der Waals surface area contributed by atoms with Gasteiger partial charge in [-0.2, -0.15) is 0 Å². The molecule has 0 aliphatic heterocycles. The number of nitrogens with zero attached hydrogens (tertiary/aromatic N) is 2. The fraction of sp³-hybridized carbons (Fsp3) is 0. The molecule has 0 fully saturated rings. The minimum atomic E-state index is -4.32. The van der Waals surface area contributed by atoms with Gasteiger partial charge in [-0.15, -0.1) is 0 Å². The Kier molecular flexibility index (Phi) is 6.28. The van der Waals surface area contributed by atoms with Gasteiger partial charge >= 0.3 is 7.60 Å². The van der Waals surface area contributed by atoms with Gasteiger partial charge in [0.05, 0.1) is 16.1 Å². The van der Waals surface area contributed by atoms with E-state index in [1.165, 1.54) is 6.08 Å². The maximum Gasteiger partial charge on any atom is 0.349 e. The lowest BCUT2D eigenvalue weighted by Crippen LogP contribution is -2.05. The highest BCUT2D eigenvalue weighted by Crippen LogP contribution is 2.38. The normalized spacial score (nSPS) is 12.9. The van der Waals surface area contributed by atoms with Crippen LogP contribution in [0.4, 0.5) is 5.69 Å². The Balaban J connectivity index is 1.69. The van der Waals surface area contributed by atoms with Gasteiger partial charge in [0.15, 0.2) is 11.0 Å². The van der Waals surface area contributed by atoms with Gasteiger partial charge in [0, 0.05) is 34.8 Å². The van der Waals surface area contributed by atoms with Gasteiger partial charge < -0.3 is 14.5 Å². The molecule has 5 rings (SSSR count). The number of aromatic nitrogens is 2. The van der Waals surface area contributed by atoms with Crippen LogP contribution in [0.15, 0.2) is 102 Å². The molecule has 9 heteroatoms. The molecule has 2 aromatic heterocycles. The first kappa shape index (κ1) is 23.1. The first-order valence-corrected chi connectivity index (χ1v) is 13.5. The molecule has 174 valence electrons. The zero-order valence-electron chi connectivity index (χ0n) is 18.3. The summed E-state index contributed by atoms with van der Waals surface area (Å²) in [6.45, 7) is 0. The zero-order chi connectivity index (χ0) is 24.4. The molecule has 0 aliphatic rings. The maximum atomic E-state index is 12.9. The molecule has 2 heterocycles. The molecule has 3 N–H and O–H groups in total. The third-order valence-corrected chi connectivity index (χ3v) is 7.02. The topological polar surface area (TPSA) is 112 Å². The molecule has 0 aliphatic carbocycles. The molecule has 0 saturated heterocycles. The lowest BCUT2D eigenvalue weighted by molar-refractivity contribution is 0.386. The Morgan fingerprint density at radius 1 is 0.886 bits per heavy atom. The van der Waals surface area contributed by atoms with Gasteiger partial charge in [-0.05, 0) is 52.7 Å². The van der Waals surface area contributed by atoms with Crippen molar-refractivity contribution in [3.05, 3.63) is 103 Å². The van der Waals surface area contributed by atoms with Crippen molar-refractivity contribution in [1.29, 1.82) is 0 Å². The van der Waals surface area contributed by atoms with Crippen LogP contribution in [0.3, 0.4) is 0 Å². The van der Waals surface area contributed by atoms with E-state index in [4.69, 9.17) is 4.98 Å². The summed E-state index contributed by atoms with van der Waals surface area (Å²) < 4.78 is 27.3. The SMILES string of the molecule is O=S(Nc1cc(-c2cccc3ccccc23)c2nc(/C=C/P(=O)(O)O)ccc2c1)c1cccnc1. The number of pyridine rings is 2. The Labute approximate surface area is 203 Å². The predicted octanol–water partition coefficient (Wildman–Crippen LogP) is 5.73. The molecule has 1 atom stereocenters. The third kappa shape index (κ3) is 5.21. The highest BCUT2D eigenvalue weighted by molar-refractivity contribution is 7.86. The summed E-state index contributed by atoms with van der Waals surface area (Å²) in [7, 11) is -5.83. The van der Waals surface area contributed by atoms with Crippen molar-refractivity contribution in [2.45, 2.75) is 4.90 Å². The molecule has 1 unspecified atom stereocenters. The van der Waals surface area contributed by atoms with Gasteiger partial charge in [-0.25, -0.2) is 9.19 Å². The molecule has 35 heavy (non-hydrogen) atoms. The van der Waals surface area contributed by atoms with Crippen molar-refractivity contribution in [3.63, 3.8) is 0 Å². The Hall–Kier alpha value is -3.68. The van der Waals surface area contributed by atoms with Gasteiger partial charge in [0.25, 0.3) is 0 Å². The van der Waals surface area contributed by atoms with E-state index in [1.807, 2.05) is 60.7 Å². The van der Waals surface area contributed by atoms with E-state index in [-0.39, 0.29) is 0 Å². The second-order valence-electron chi connectivity index (χ2n) is 7.82. The molecule has 3 aromatic carbocycles. The van der Waals surface area contributed by atoms with Crippen LogP contribution in [-0.4, -0.2) is 24.0 Å². The van der Waals surface area contributed by atoms with Crippen molar-refractivity contribution in [1.82, 2.24) is 9.97 Å². The van der Waals surface area contributed by atoms with Crippen LogP contribution >= 0.6 is 7.60 Å². The molecular weight excluding hydrogens is 481 g/mol. The lowest BCUT2D eigenvalue weighted by atomic mass is 9.95. The summed E-state index contributed by atoms with van der Waals surface area (Å²) in [4.78, 5) is 27.7. The molecule has 7 nitrogen and oxygen atoms in total. The van der Waals surface area contributed by atoms with Crippen LogP contribution in [0.25, 0.3) is 38.9 Å². The Morgan fingerprint density at radius 2 is 1.71 bits per heavy atom. The monoisotopic (exact) mass is 501 g/mol. The first-order chi connectivity index (χ1) is 16.9. The lowest BCUT2D eigenvalue weighted by Gasteiger charge is -2.14. The van der Waals surface area contributed by atoms with Crippen LogP contribution in [0, 0.1) is 0 Å². The maximum absolute atomic E-state index is 12.9. The summed E-state index contributed by atoms with van der Waals surface area (Å²) in [5.74, 6) is 0.839. The quantitative estimate of drug-likeness (QED) is 0.256. The minimum absolute atomic E-state index is 0.418. The van der Waals surface area contributed by atoms with Crippen molar-refractivity contribution >= 4 is 52.0 Å². The van der Waals surface area contributed by atoms with E-state index in [1.54, 1.807) is 30.6 Å². The molecule has 0 radical (unpaired) electrons. The van der Waals surface area contributed by atoms with E-state index in [2.05, 4.69) is 9.71 Å². The van der Waals surface area contributed by atoms with Crippen molar-refractivity contribution in [2.75, 3.05) is 4.72 Å². The second-order valence-corrected chi connectivity index (χ2v) is 10.5. The zero-order valence-corrected chi connectivity index (χ0v) is 20.0. The summed E-state index contributed by atoms with van der Waals surface area (Å²) in [5, 5.41) is 2.88. The van der Waals surface area contributed by atoms with Crippen LogP contribution in [0.1, 0.15) is 5.69 Å². The average molecular weight is 502 g/mol. The van der Waals surface area contributed by atoms with E-state index in [0.717, 1.165) is 33.1 Å². The highest BCUT2D eigenvalue weighted by Gasteiger charge is 2.14. The summed E-state index contributed by atoms with van der Waals surface area (Å²) >= 11 is 0. The number of rotatable bonds is 6. The van der Waals surface area contributed by atoms with Gasteiger partial charge in [0.2, 0.25) is 0 Å². The van der Waals surface area contributed by atoms with Gasteiger partial charge in [-0.3, -0.25) is 9.55 Å². The third-order valence-electron chi connectivity index (χ3n) is 5.39. The average Bonchev–Trinajstić information content (AvgIpc) is 2.87. The van der Waals surface area contributed by atoms with E-state index in [9.17, 15) is 18.6 Å². The fourth-order valence-corrected chi connectivity index (χ4v) is 5.02. The van der Waals surface area contributed by atoms with E-state index < -0.39 is 18.6 Å². The molecule has 0 saturated carbocycles. The molecular formula is C26H20N3O4PS. The number of anilines is 1. The van der Waals surface area contributed by atoms with E-state index in [0.29, 0.717) is 21.8 Å². The van der Waals surface area contributed by atoms with Crippen LogP contribution < -0.4 is 4.72 Å². The second kappa shape index (κ2) is 9.52.